The summed E-state index contributed by atoms with van der Waals surface area (Å²) in [6.07, 6.45) is 4.84. The molecule has 7 heteroatoms. The normalized spacial score (nSPS) is 13.5. The maximum absolute atomic E-state index is 5.32. The van der Waals surface area contributed by atoms with Gasteiger partial charge in [0.05, 0.1) is 20.4 Å². The van der Waals surface area contributed by atoms with Gasteiger partial charge in [-0.25, -0.2) is 0 Å². The van der Waals surface area contributed by atoms with Crippen molar-refractivity contribution in [2.24, 2.45) is 0 Å². The highest BCUT2D eigenvalue weighted by atomic mass is 16.5. The Morgan fingerprint density at radius 2 is 2.00 bits per heavy atom. The molecule has 122 valence electrons. The standard InChI is InChI=1S/C16H21N5O2/c1-22-13-6-3-11(9-14(13)23-2)7-8-17-15-10-18-21-16(20-15)19-12-4-5-12/h3,6,9-10,12H,4-5,7-8H2,1-2H3,(H2,17,19,20,21). The van der Waals surface area contributed by atoms with Crippen LogP contribution in [0.25, 0.3) is 0 Å². The molecule has 0 atom stereocenters. The Bertz CT molecular complexity index is 661. The molecule has 1 heterocycles. The van der Waals surface area contributed by atoms with Gasteiger partial charge in [0, 0.05) is 12.6 Å². The molecule has 23 heavy (non-hydrogen) atoms. The molecule has 2 N–H and O–H groups in total. The number of anilines is 2. The number of ether oxygens (including phenoxy) is 2. The summed E-state index contributed by atoms with van der Waals surface area (Å²) >= 11 is 0. The molecule has 2 aromatic rings. The minimum absolute atomic E-state index is 0.513. The van der Waals surface area contributed by atoms with Crippen LogP contribution in [0.2, 0.25) is 0 Å². The predicted octanol–water partition coefficient (Wildman–Crippen LogP) is 2.12. The Kier molecular flexibility index (Phi) is 4.75. The van der Waals surface area contributed by atoms with E-state index in [1.54, 1.807) is 20.4 Å². The van der Waals surface area contributed by atoms with Crippen molar-refractivity contribution in [3.8, 4) is 11.5 Å². The zero-order valence-corrected chi connectivity index (χ0v) is 13.4. The van der Waals surface area contributed by atoms with E-state index in [4.69, 9.17) is 9.47 Å². The molecule has 3 rings (SSSR count). The first kappa shape index (κ1) is 15.3. The van der Waals surface area contributed by atoms with Gasteiger partial charge in [-0.3, -0.25) is 0 Å². The van der Waals surface area contributed by atoms with Gasteiger partial charge in [-0.15, -0.1) is 5.10 Å². The minimum Gasteiger partial charge on any atom is -0.493 e. The second-order valence-electron chi connectivity index (χ2n) is 5.45. The van der Waals surface area contributed by atoms with Crippen LogP contribution in [0.4, 0.5) is 11.8 Å². The molecule has 7 nitrogen and oxygen atoms in total. The van der Waals surface area contributed by atoms with Crippen molar-refractivity contribution < 1.29 is 9.47 Å². The molecule has 1 aliphatic rings. The lowest BCUT2D eigenvalue weighted by molar-refractivity contribution is 0.354. The summed E-state index contributed by atoms with van der Waals surface area (Å²) in [5.74, 6) is 2.79. The van der Waals surface area contributed by atoms with E-state index in [1.165, 1.54) is 12.8 Å². The molecule has 0 aliphatic heterocycles. The van der Waals surface area contributed by atoms with Crippen LogP contribution in [0.5, 0.6) is 11.5 Å². The zero-order valence-electron chi connectivity index (χ0n) is 13.4. The lowest BCUT2D eigenvalue weighted by atomic mass is 10.1. The first-order valence-electron chi connectivity index (χ1n) is 7.69. The third kappa shape index (κ3) is 4.21. The number of rotatable bonds is 8. The molecule has 0 spiro atoms. The predicted molar refractivity (Wildman–Crippen MR) is 88.2 cm³/mol. The van der Waals surface area contributed by atoms with Gasteiger partial charge in [0.15, 0.2) is 17.3 Å². The number of aromatic nitrogens is 3. The summed E-state index contributed by atoms with van der Waals surface area (Å²) in [6, 6.07) is 6.44. The number of hydrogen-bond acceptors (Lipinski definition) is 7. The molecule has 0 unspecified atom stereocenters. The summed E-state index contributed by atoms with van der Waals surface area (Å²) in [7, 11) is 3.27. The fourth-order valence-electron chi connectivity index (χ4n) is 2.23. The number of nitrogens with one attached hydrogen (secondary N) is 2. The van der Waals surface area contributed by atoms with Gasteiger partial charge >= 0.3 is 0 Å². The van der Waals surface area contributed by atoms with Crippen LogP contribution in [-0.2, 0) is 6.42 Å². The third-order valence-electron chi connectivity index (χ3n) is 3.64. The molecule has 0 bridgehead atoms. The molecule has 1 fully saturated rings. The van der Waals surface area contributed by atoms with Crippen LogP contribution in [-0.4, -0.2) is 42.0 Å². The topological polar surface area (TPSA) is 81.2 Å². The quantitative estimate of drug-likeness (QED) is 0.772. The molecule has 1 saturated carbocycles. The van der Waals surface area contributed by atoms with E-state index in [0.29, 0.717) is 12.0 Å². The van der Waals surface area contributed by atoms with Crippen molar-refractivity contribution in [3.63, 3.8) is 0 Å². The van der Waals surface area contributed by atoms with Gasteiger partial charge in [0.2, 0.25) is 5.95 Å². The van der Waals surface area contributed by atoms with Crippen molar-refractivity contribution in [3.05, 3.63) is 30.0 Å². The first-order valence-corrected chi connectivity index (χ1v) is 7.69. The highest BCUT2D eigenvalue weighted by Crippen LogP contribution is 2.27. The Hall–Kier alpha value is -2.57. The highest BCUT2D eigenvalue weighted by molar-refractivity contribution is 5.43. The second kappa shape index (κ2) is 7.13. The summed E-state index contributed by atoms with van der Waals surface area (Å²) < 4.78 is 10.6. The minimum atomic E-state index is 0.513. The Labute approximate surface area is 135 Å². The van der Waals surface area contributed by atoms with Crippen LogP contribution >= 0.6 is 0 Å². The van der Waals surface area contributed by atoms with Crippen molar-refractivity contribution >= 4 is 11.8 Å². The molecular weight excluding hydrogens is 294 g/mol. The summed E-state index contributed by atoms with van der Waals surface area (Å²) in [5.41, 5.74) is 1.16. The monoisotopic (exact) mass is 315 g/mol. The van der Waals surface area contributed by atoms with Crippen LogP contribution < -0.4 is 20.1 Å². The lowest BCUT2D eigenvalue weighted by Crippen LogP contribution is -2.11. The van der Waals surface area contributed by atoms with Gasteiger partial charge in [-0.2, -0.15) is 10.1 Å². The van der Waals surface area contributed by atoms with Crippen molar-refractivity contribution in [2.45, 2.75) is 25.3 Å². The smallest absolute Gasteiger partial charge is 0.244 e. The maximum Gasteiger partial charge on any atom is 0.244 e. The zero-order chi connectivity index (χ0) is 16.1. The van der Waals surface area contributed by atoms with Gasteiger partial charge < -0.3 is 20.1 Å². The van der Waals surface area contributed by atoms with E-state index in [2.05, 4.69) is 25.8 Å². The highest BCUT2D eigenvalue weighted by Gasteiger charge is 2.22. The average Bonchev–Trinajstić information content (AvgIpc) is 3.39. The molecule has 0 radical (unpaired) electrons. The van der Waals surface area contributed by atoms with Crippen LogP contribution in [0.3, 0.4) is 0 Å². The lowest BCUT2D eigenvalue weighted by Gasteiger charge is -2.10. The van der Waals surface area contributed by atoms with Crippen LogP contribution in [0, 0.1) is 0 Å². The van der Waals surface area contributed by atoms with E-state index in [1.807, 2.05) is 18.2 Å². The van der Waals surface area contributed by atoms with Crippen LogP contribution in [0.1, 0.15) is 18.4 Å². The molecule has 1 aliphatic carbocycles. The number of nitrogens with zero attached hydrogens (tertiary/aromatic N) is 3. The number of hydrogen-bond donors (Lipinski definition) is 2. The van der Waals surface area contributed by atoms with E-state index in [-0.39, 0.29) is 0 Å². The first-order chi connectivity index (χ1) is 11.3. The molecule has 1 aromatic heterocycles. The Morgan fingerprint density at radius 3 is 2.74 bits per heavy atom. The van der Waals surface area contributed by atoms with Gasteiger partial charge in [0.25, 0.3) is 0 Å². The van der Waals surface area contributed by atoms with E-state index in [9.17, 15) is 0 Å². The van der Waals surface area contributed by atoms with E-state index < -0.39 is 0 Å². The maximum atomic E-state index is 5.32. The van der Waals surface area contributed by atoms with Crippen molar-refractivity contribution in [2.75, 3.05) is 31.4 Å². The van der Waals surface area contributed by atoms with Gasteiger partial charge in [-0.1, -0.05) is 6.07 Å². The van der Waals surface area contributed by atoms with Crippen LogP contribution in [0.15, 0.2) is 24.4 Å². The van der Waals surface area contributed by atoms with Gasteiger partial charge in [0.1, 0.15) is 0 Å². The largest absolute Gasteiger partial charge is 0.493 e. The summed E-state index contributed by atoms with van der Waals surface area (Å²) in [5, 5.41) is 14.5. The SMILES string of the molecule is COc1ccc(CCNc2cnnc(NC3CC3)n2)cc1OC. The fourth-order valence-corrected chi connectivity index (χ4v) is 2.23. The Morgan fingerprint density at radius 1 is 1.17 bits per heavy atom. The average molecular weight is 315 g/mol. The number of methoxy groups -OCH3 is 2. The summed E-state index contributed by atoms with van der Waals surface area (Å²) in [6.45, 7) is 0.747. The Balaban J connectivity index is 1.54. The molecular formula is C16H21N5O2. The van der Waals surface area contributed by atoms with E-state index in [0.717, 1.165) is 35.8 Å². The third-order valence-corrected chi connectivity index (χ3v) is 3.64. The van der Waals surface area contributed by atoms with E-state index >= 15 is 0 Å². The number of benzene rings is 1. The fraction of sp³-hybridized carbons (Fsp3) is 0.438. The summed E-state index contributed by atoms with van der Waals surface area (Å²) in [4.78, 5) is 4.40. The van der Waals surface area contributed by atoms with Crippen molar-refractivity contribution in [1.82, 2.24) is 15.2 Å². The molecule has 0 amide bonds. The second-order valence-corrected chi connectivity index (χ2v) is 5.45. The van der Waals surface area contributed by atoms with Crippen molar-refractivity contribution in [1.29, 1.82) is 0 Å². The molecule has 0 saturated heterocycles. The van der Waals surface area contributed by atoms with Gasteiger partial charge in [-0.05, 0) is 37.0 Å². The molecule has 1 aromatic carbocycles.